The summed E-state index contributed by atoms with van der Waals surface area (Å²) in [5.41, 5.74) is 0.754. The van der Waals surface area contributed by atoms with Crippen molar-refractivity contribution >= 4 is 49.0 Å². The van der Waals surface area contributed by atoms with E-state index < -0.39 is 11.2 Å². The van der Waals surface area contributed by atoms with Crippen LogP contribution in [-0.2, 0) is 6.61 Å². The van der Waals surface area contributed by atoms with Crippen LogP contribution in [-0.4, -0.2) is 29.3 Å². The van der Waals surface area contributed by atoms with E-state index in [4.69, 9.17) is 18.9 Å². The Morgan fingerprint density at radius 1 is 1.06 bits per heavy atom. The van der Waals surface area contributed by atoms with Gasteiger partial charge in [0.05, 0.1) is 28.2 Å². The van der Waals surface area contributed by atoms with Gasteiger partial charge in [-0.3, -0.25) is 4.79 Å². The van der Waals surface area contributed by atoms with Crippen molar-refractivity contribution in [1.29, 1.82) is 0 Å². The van der Waals surface area contributed by atoms with Crippen LogP contribution in [0.3, 0.4) is 0 Å². The van der Waals surface area contributed by atoms with Crippen molar-refractivity contribution in [3.63, 3.8) is 0 Å². The minimum absolute atomic E-state index is 0.201. The summed E-state index contributed by atoms with van der Waals surface area (Å²) in [6.45, 7) is 2.72. The van der Waals surface area contributed by atoms with Crippen LogP contribution in [0.15, 0.2) is 72.2 Å². The number of halogens is 2. The number of nitrogens with one attached hydrogen (secondary N) is 1. The van der Waals surface area contributed by atoms with E-state index in [0.717, 1.165) is 10.2 Å². The lowest BCUT2D eigenvalue weighted by Crippen LogP contribution is -2.32. The van der Waals surface area contributed by atoms with Gasteiger partial charge in [-0.25, -0.2) is 4.79 Å². The second-order valence-corrected chi connectivity index (χ2v) is 9.25. The van der Waals surface area contributed by atoms with Gasteiger partial charge in [-0.15, -0.1) is 4.68 Å². The fourth-order valence-corrected chi connectivity index (χ4v) is 4.60. The monoisotopic (exact) mass is 615 g/mol. The fourth-order valence-electron chi connectivity index (χ4n) is 3.66. The summed E-state index contributed by atoms with van der Waals surface area (Å²) in [4.78, 5) is 27.9. The van der Waals surface area contributed by atoms with Gasteiger partial charge in [-0.05, 0) is 74.7 Å². The number of nitrogens with zero attached hydrogens (tertiary/aromatic N) is 2. The first-order valence-electron chi connectivity index (χ1n) is 10.9. The topological polar surface area (TPSA) is 104 Å². The zero-order valence-electron chi connectivity index (χ0n) is 18.9. The third-order valence-electron chi connectivity index (χ3n) is 5.37. The summed E-state index contributed by atoms with van der Waals surface area (Å²) in [5.74, 6) is 2.33. The van der Waals surface area contributed by atoms with Crippen LogP contribution in [0, 0.1) is 0 Å². The predicted octanol–water partition coefficient (Wildman–Crippen LogP) is 4.80. The van der Waals surface area contributed by atoms with Gasteiger partial charge in [0, 0.05) is 10.0 Å². The van der Waals surface area contributed by atoms with Crippen molar-refractivity contribution in [3.05, 3.63) is 89.4 Å². The first-order valence-corrected chi connectivity index (χ1v) is 12.5. The first kappa shape index (κ1) is 24.1. The van der Waals surface area contributed by atoms with E-state index in [1.54, 1.807) is 30.3 Å². The smallest absolute Gasteiger partial charge is 0.349 e. The molecule has 0 aliphatic carbocycles. The number of aromatic amines is 1. The molecule has 0 saturated carbocycles. The Kier molecular flexibility index (Phi) is 6.84. The highest BCUT2D eigenvalue weighted by Crippen LogP contribution is 2.43. The van der Waals surface area contributed by atoms with Crippen molar-refractivity contribution < 1.29 is 18.9 Å². The van der Waals surface area contributed by atoms with Crippen LogP contribution in [0.25, 0.3) is 10.9 Å². The highest BCUT2D eigenvalue weighted by molar-refractivity contribution is 9.13. The van der Waals surface area contributed by atoms with Gasteiger partial charge < -0.3 is 23.9 Å². The van der Waals surface area contributed by atoms with Crippen LogP contribution in [0.1, 0.15) is 18.1 Å². The van der Waals surface area contributed by atoms with Crippen molar-refractivity contribution in [2.45, 2.75) is 13.5 Å². The highest BCUT2D eigenvalue weighted by Gasteiger charge is 2.19. The first-order chi connectivity index (χ1) is 17.5. The molecule has 0 bridgehead atoms. The SMILES string of the molecule is CCOc1cc(C=Nn2c(=O)[nH]c3ccccc3c2=O)c(Br)c(Br)c1OCc1ccc2c(c1)OCO2. The second-order valence-electron chi connectivity index (χ2n) is 7.67. The summed E-state index contributed by atoms with van der Waals surface area (Å²) in [5, 5.41) is 4.51. The maximum atomic E-state index is 12.8. The number of hydrogen-bond donors (Lipinski definition) is 1. The van der Waals surface area contributed by atoms with E-state index in [0.29, 0.717) is 55.0 Å². The average Bonchev–Trinajstić information content (AvgIpc) is 3.34. The lowest BCUT2D eigenvalue weighted by molar-refractivity contribution is 0.174. The number of H-pyrrole nitrogens is 1. The van der Waals surface area contributed by atoms with Gasteiger partial charge in [0.15, 0.2) is 23.0 Å². The number of aromatic nitrogens is 2. The number of benzene rings is 3. The molecule has 5 rings (SSSR count). The predicted molar refractivity (Wildman–Crippen MR) is 142 cm³/mol. The molecule has 36 heavy (non-hydrogen) atoms. The Labute approximate surface area is 221 Å². The molecule has 1 aromatic heterocycles. The average molecular weight is 617 g/mol. The van der Waals surface area contributed by atoms with Gasteiger partial charge in [-0.1, -0.05) is 18.2 Å². The third-order valence-corrected chi connectivity index (χ3v) is 7.52. The summed E-state index contributed by atoms with van der Waals surface area (Å²) < 4.78 is 24.7. The number of para-hydroxylation sites is 1. The molecule has 0 spiro atoms. The molecule has 1 N–H and O–H groups in total. The van der Waals surface area contributed by atoms with Gasteiger partial charge in [0.1, 0.15) is 6.61 Å². The normalized spacial score (nSPS) is 12.4. The van der Waals surface area contributed by atoms with Crippen LogP contribution in [0.5, 0.6) is 23.0 Å². The minimum Gasteiger partial charge on any atom is -0.490 e. The van der Waals surface area contributed by atoms with E-state index in [-0.39, 0.29) is 13.4 Å². The van der Waals surface area contributed by atoms with Crippen molar-refractivity contribution in [2.75, 3.05) is 13.4 Å². The van der Waals surface area contributed by atoms with E-state index in [9.17, 15) is 9.59 Å². The molecule has 4 aromatic rings. The third kappa shape index (κ3) is 4.63. The lowest BCUT2D eigenvalue weighted by Gasteiger charge is -2.16. The molecule has 0 atom stereocenters. The van der Waals surface area contributed by atoms with Crippen molar-refractivity contribution in [3.8, 4) is 23.0 Å². The Morgan fingerprint density at radius 2 is 1.86 bits per heavy atom. The van der Waals surface area contributed by atoms with Crippen molar-refractivity contribution in [2.24, 2.45) is 5.10 Å². The molecule has 0 saturated heterocycles. The van der Waals surface area contributed by atoms with Gasteiger partial charge in [0.2, 0.25) is 6.79 Å². The Morgan fingerprint density at radius 3 is 2.69 bits per heavy atom. The molecule has 184 valence electrons. The largest absolute Gasteiger partial charge is 0.490 e. The summed E-state index contributed by atoms with van der Waals surface area (Å²) in [6.07, 6.45) is 1.41. The molecule has 0 fully saturated rings. The van der Waals surface area contributed by atoms with E-state index in [1.807, 2.05) is 25.1 Å². The molecule has 11 heteroatoms. The number of ether oxygens (including phenoxy) is 4. The molecule has 9 nitrogen and oxygen atoms in total. The van der Waals surface area contributed by atoms with Crippen molar-refractivity contribution in [1.82, 2.24) is 9.66 Å². The van der Waals surface area contributed by atoms with Crippen LogP contribution < -0.4 is 30.2 Å². The summed E-state index contributed by atoms with van der Waals surface area (Å²) >= 11 is 7.12. The molecule has 0 radical (unpaired) electrons. The zero-order valence-corrected chi connectivity index (χ0v) is 22.1. The molecule has 0 unspecified atom stereocenters. The van der Waals surface area contributed by atoms with Gasteiger partial charge in [0.25, 0.3) is 5.56 Å². The molecule has 3 aromatic carbocycles. The van der Waals surface area contributed by atoms with Crippen LogP contribution >= 0.6 is 31.9 Å². The zero-order chi connectivity index (χ0) is 25.2. The fraction of sp³-hybridized carbons (Fsp3) is 0.160. The van der Waals surface area contributed by atoms with E-state index in [1.165, 1.54) is 6.21 Å². The minimum atomic E-state index is -0.640. The molecular weight excluding hydrogens is 598 g/mol. The number of rotatable bonds is 7. The Hall–Kier alpha value is -3.57. The maximum Gasteiger partial charge on any atom is 0.349 e. The molecule has 2 heterocycles. The number of hydrogen-bond acceptors (Lipinski definition) is 7. The second kappa shape index (κ2) is 10.2. The highest BCUT2D eigenvalue weighted by atomic mass is 79.9. The Bertz CT molecular complexity index is 1610. The standard InChI is InChI=1S/C25H19Br2N3O6/c1-2-33-20-10-15(11-28-30-24(31)16-5-3-4-6-17(16)29-25(30)32)21(26)22(27)23(20)34-12-14-7-8-18-19(9-14)36-13-35-18/h3-11H,2,12-13H2,1H3,(H,29,32). The Balaban J connectivity index is 1.47. The van der Waals surface area contributed by atoms with Gasteiger partial charge >= 0.3 is 5.69 Å². The molecule has 0 amide bonds. The van der Waals surface area contributed by atoms with Crippen LogP contribution in [0.2, 0.25) is 0 Å². The molecule has 1 aliphatic rings. The quantitative estimate of drug-likeness (QED) is 0.299. The maximum absolute atomic E-state index is 12.8. The van der Waals surface area contributed by atoms with Crippen LogP contribution in [0.4, 0.5) is 0 Å². The molecule has 1 aliphatic heterocycles. The van der Waals surface area contributed by atoms with Gasteiger partial charge in [-0.2, -0.15) is 5.10 Å². The van der Waals surface area contributed by atoms with E-state index >= 15 is 0 Å². The lowest BCUT2D eigenvalue weighted by atomic mass is 10.2. The summed E-state index contributed by atoms with van der Waals surface area (Å²) in [6, 6.07) is 14.1. The summed E-state index contributed by atoms with van der Waals surface area (Å²) in [7, 11) is 0. The number of fused-ring (bicyclic) bond motifs is 2. The van der Waals surface area contributed by atoms with E-state index in [2.05, 4.69) is 41.9 Å². The molecular formula is C25H19Br2N3O6.